The third-order valence-electron chi connectivity index (χ3n) is 3.30. The molecule has 0 aliphatic carbocycles. The van der Waals surface area contributed by atoms with Crippen molar-refractivity contribution < 1.29 is 39.8 Å². The summed E-state index contributed by atoms with van der Waals surface area (Å²) in [5.41, 5.74) is 5.21. The van der Waals surface area contributed by atoms with Crippen molar-refractivity contribution in [3.05, 3.63) is 54.6 Å². The van der Waals surface area contributed by atoms with Gasteiger partial charge >= 0.3 is 11.4 Å². The van der Waals surface area contributed by atoms with Crippen molar-refractivity contribution >= 4 is 15.8 Å². The van der Waals surface area contributed by atoms with Crippen LogP contribution in [0.15, 0.2) is 54.6 Å². The number of anilines is 1. The van der Waals surface area contributed by atoms with E-state index in [1.54, 1.807) is 24.3 Å². The Morgan fingerprint density at radius 3 is 1.89 bits per heavy atom. The maximum Gasteiger partial charge on any atom is 0.423 e. The minimum absolute atomic E-state index is 0.129. The van der Waals surface area contributed by atoms with Gasteiger partial charge in [0.05, 0.1) is 5.69 Å². The van der Waals surface area contributed by atoms with E-state index in [4.69, 9.17) is 0 Å². The van der Waals surface area contributed by atoms with Crippen LogP contribution in [0.5, 0.6) is 0 Å². The molecule has 0 saturated heterocycles. The van der Waals surface area contributed by atoms with Crippen molar-refractivity contribution in [2.45, 2.75) is 17.5 Å². The first-order valence-corrected chi connectivity index (χ1v) is 8.56. The lowest BCUT2D eigenvalue weighted by Crippen LogP contribution is -2.54. The molecular formula is C15H12F5N2O4S-. The van der Waals surface area contributed by atoms with E-state index >= 15 is 0 Å². The van der Waals surface area contributed by atoms with Crippen molar-refractivity contribution in [1.29, 1.82) is 0 Å². The minimum Gasteiger partial charge on any atom is -0.743 e. The monoisotopic (exact) mass is 411 g/mol. The maximum atomic E-state index is 13.2. The zero-order chi connectivity index (χ0) is 20.3. The molecule has 2 N–H and O–H groups in total. The van der Waals surface area contributed by atoms with Gasteiger partial charge in [-0.05, 0) is 23.3 Å². The zero-order valence-electron chi connectivity index (χ0n) is 13.2. The second-order valence-corrected chi connectivity index (χ2v) is 6.68. The van der Waals surface area contributed by atoms with E-state index in [1.165, 1.54) is 17.7 Å². The van der Waals surface area contributed by atoms with Gasteiger partial charge in [0.1, 0.15) is 0 Å². The topological polar surface area (TPSA) is 90.5 Å². The number of rotatable bonds is 7. The fraction of sp³-hybridized carbons (Fsp3) is 0.200. The summed E-state index contributed by atoms with van der Waals surface area (Å²) in [6.45, 7) is 0. The standard InChI is InChI=1S/C15H13F5N2O4S/c16-14(17,18)13(15(19,20)27(23,24)25)26-22-21-12-8-6-11(7-9-12)10-4-2-1-3-5-10/h1-9,13,21-22H,(H,23,24,25)/p-1. The van der Waals surface area contributed by atoms with Crippen molar-refractivity contribution in [2.75, 3.05) is 5.43 Å². The van der Waals surface area contributed by atoms with Crippen LogP contribution < -0.4 is 11.0 Å². The third kappa shape index (κ3) is 5.13. The molecule has 0 spiro atoms. The highest BCUT2D eigenvalue weighted by Crippen LogP contribution is 2.37. The van der Waals surface area contributed by atoms with Crippen LogP contribution in [-0.2, 0) is 15.0 Å². The van der Waals surface area contributed by atoms with Crippen molar-refractivity contribution in [3.63, 3.8) is 0 Å². The molecule has 0 aliphatic heterocycles. The van der Waals surface area contributed by atoms with Crippen molar-refractivity contribution in [3.8, 4) is 11.1 Å². The van der Waals surface area contributed by atoms with Crippen LogP contribution >= 0.6 is 0 Å². The predicted molar refractivity (Wildman–Crippen MR) is 84.2 cm³/mol. The molecule has 6 nitrogen and oxygen atoms in total. The lowest BCUT2D eigenvalue weighted by molar-refractivity contribution is -0.279. The van der Waals surface area contributed by atoms with Gasteiger partial charge in [0.25, 0.3) is 6.10 Å². The Kier molecular flexibility index (Phi) is 6.04. The molecule has 2 aromatic rings. The SMILES string of the molecule is O=S(=O)([O-])C(F)(F)C(ONNc1ccc(-c2ccccc2)cc1)C(F)(F)F. The maximum absolute atomic E-state index is 13.2. The molecule has 12 heteroatoms. The highest BCUT2D eigenvalue weighted by Gasteiger charge is 2.61. The average Bonchev–Trinajstić information content (AvgIpc) is 2.57. The first-order valence-electron chi connectivity index (χ1n) is 7.15. The number of halogens is 5. The van der Waals surface area contributed by atoms with Crippen LogP contribution in [-0.4, -0.2) is 30.5 Å². The molecule has 0 aromatic heterocycles. The van der Waals surface area contributed by atoms with Crippen LogP contribution in [0.4, 0.5) is 27.6 Å². The van der Waals surface area contributed by atoms with E-state index in [-0.39, 0.29) is 5.69 Å². The zero-order valence-corrected chi connectivity index (χ0v) is 14.0. The molecule has 2 rings (SSSR count). The summed E-state index contributed by atoms with van der Waals surface area (Å²) in [5, 5.41) is -5.73. The van der Waals surface area contributed by atoms with Gasteiger partial charge in [-0.25, -0.2) is 8.42 Å². The predicted octanol–water partition coefficient (Wildman–Crippen LogP) is 3.27. The molecule has 27 heavy (non-hydrogen) atoms. The molecule has 0 amide bonds. The van der Waals surface area contributed by atoms with Crippen LogP contribution in [0.25, 0.3) is 11.1 Å². The summed E-state index contributed by atoms with van der Waals surface area (Å²) in [6.07, 6.45) is -10.0. The second kappa shape index (κ2) is 7.76. The van der Waals surface area contributed by atoms with E-state index in [0.29, 0.717) is 0 Å². The van der Waals surface area contributed by atoms with Crippen LogP contribution in [0.1, 0.15) is 0 Å². The molecule has 1 atom stereocenters. The Morgan fingerprint density at radius 1 is 0.889 bits per heavy atom. The van der Waals surface area contributed by atoms with Crippen LogP contribution in [0.3, 0.4) is 0 Å². The van der Waals surface area contributed by atoms with Crippen molar-refractivity contribution in [2.24, 2.45) is 0 Å². The molecule has 2 aromatic carbocycles. The van der Waals surface area contributed by atoms with E-state index in [1.807, 2.05) is 23.6 Å². The van der Waals surface area contributed by atoms with Gasteiger partial charge < -0.3 is 4.55 Å². The summed E-state index contributed by atoms with van der Waals surface area (Å²) >= 11 is 0. The molecule has 0 fully saturated rings. The highest BCUT2D eigenvalue weighted by molar-refractivity contribution is 7.86. The molecule has 0 aliphatic rings. The summed E-state index contributed by atoms with van der Waals surface area (Å²) in [6, 6.07) is 15.1. The molecular weight excluding hydrogens is 399 g/mol. The van der Waals surface area contributed by atoms with Gasteiger partial charge in [-0.3, -0.25) is 10.3 Å². The number of hydrogen-bond donors (Lipinski definition) is 2. The molecule has 0 radical (unpaired) electrons. The first kappa shape index (κ1) is 21.0. The van der Waals surface area contributed by atoms with Gasteiger partial charge in [0, 0.05) is 0 Å². The number of hydrogen-bond acceptors (Lipinski definition) is 6. The Balaban J connectivity index is 2.05. The van der Waals surface area contributed by atoms with Gasteiger partial charge in [0.2, 0.25) is 0 Å². The van der Waals surface area contributed by atoms with E-state index < -0.39 is 27.7 Å². The number of benzene rings is 2. The van der Waals surface area contributed by atoms with E-state index in [9.17, 15) is 34.9 Å². The van der Waals surface area contributed by atoms with E-state index in [2.05, 4.69) is 4.84 Å². The van der Waals surface area contributed by atoms with Crippen LogP contribution in [0.2, 0.25) is 0 Å². The minimum atomic E-state index is -6.61. The van der Waals surface area contributed by atoms with Gasteiger partial charge in [-0.1, -0.05) is 42.5 Å². The summed E-state index contributed by atoms with van der Waals surface area (Å²) in [7, 11) is -6.61. The number of alkyl halides is 5. The Bertz CT molecular complexity index is 858. The summed E-state index contributed by atoms with van der Waals surface area (Å²) < 4.78 is 95.6. The Morgan fingerprint density at radius 2 is 1.41 bits per heavy atom. The largest absolute Gasteiger partial charge is 0.743 e. The molecule has 0 heterocycles. The summed E-state index contributed by atoms with van der Waals surface area (Å²) in [5.74, 6) is 0. The highest BCUT2D eigenvalue weighted by atomic mass is 32.2. The Hall–Kier alpha value is -2.28. The number of hydrazine groups is 1. The van der Waals surface area contributed by atoms with E-state index in [0.717, 1.165) is 11.1 Å². The van der Waals surface area contributed by atoms with Gasteiger partial charge in [-0.15, -0.1) is 5.59 Å². The van der Waals surface area contributed by atoms with Gasteiger partial charge in [0.15, 0.2) is 10.1 Å². The van der Waals surface area contributed by atoms with Gasteiger partial charge in [-0.2, -0.15) is 22.0 Å². The normalized spacial score (nSPS) is 14.0. The second-order valence-electron chi connectivity index (χ2n) is 5.23. The fourth-order valence-corrected chi connectivity index (χ4v) is 2.42. The lowest BCUT2D eigenvalue weighted by atomic mass is 10.1. The Labute approximate surface area is 150 Å². The molecule has 148 valence electrons. The fourth-order valence-electron chi connectivity index (χ4n) is 1.98. The van der Waals surface area contributed by atoms with Crippen LogP contribution in [0, 0.1) is 0 Å². The molecule has 0 bridgehead atoms. The quantitative estimate of drug-likeness (QED) is 0.413. The lowest BCUT2D eigenvalue weighted by Gasteiger charge is -2.29. The van der Waals surface area contributed by atoms with Crippen molar-refractivity contribution in [1.82, 2.24) is 5.59 Å². The number of nitrogens with one attached hydrogen (secondary N) is 2. The molecule has 0 saturated carbocycles. The summed E-state index contributed by atoms with van der Waals surface area (Å²) in [4.78, 5) is 3.70. The molecule has 1 unspecified atom stereocenters. The third-order valence-corrected chi connectivity index (χ3v) is 4.18. The first-order chi connectivity index (χ1) is 12.4. The average molecular weight is 411 g/mol. The smallest absolute Gasteiger partial charge is 0.423 e.